The van der Waals surface area contributed by atoms with Gasteiger partial charge in [0.1, 0.15) is 24.0 Å². The van der Waals surface area contributed by atoms with Crippen LogP contribution >= 0.6 is 0 Å². The van der Waals surface area contributed by atoms with Crippen molar-refractivity contribution < 1.29 is 13.5 Å². The van der Waals surface area contributed by atoms with Crippen LogP contribution in [0.15, 0.2) is 24.4 Å². The summed E-state index contributed by atoms with van der Waals surface area (Å²) in [5.74, 6) is -1.20. The van der Waals surface area contributed by atoms with Crippen LogP contribution in [0.1, 0.15) is 5.69 Å². The second-order valence-corrected chi connectivity index (χ2v) is 3.24. The summed E-state index contributed by atoms with van der Waals surface area (Å²) in [4.78, 5) is 0. The lowest BCUT2D eigenvalue weighted by atomic mass is 10.3. The number of halogens is 2. The van der Waals surface area contributed by atoms with E-state index >= 15 is 0 Å². The van der Waals surface area contributed by atoms with Gasteiger partial charge in [0.15, 0.2) is 0 Å². The molecule has 0 aliphatic rings. The second-order valence-electron chi connectivity index (χ2n) is 3.24. The minimum absolute atomic E-state index is 0.138. The average molecular weight is 225 g/mol. The molecule has 0 bridgehead atoms. The van der Waals surface area contributed by atoms with E-state index in [2.05, 4.69) is 10.3 Å². The Morgan fingerprint density at radius 1 is 1.25 bits per heavy atom. The van der Waals surface area contributed by atoms with Crippen LogP contribution in [0.25, 0.3) is 0 Å². The number of nitrogens with zero attached hydrogens (tertiary/aromatic N) is 3. The second kappa shape index (κ2) is 4.26. The third-order valence-electron chi connectivity index (χ3n) is 2.03. The van der Waals surface area contributed by atoms with Crippen LogP contribution < -0.4 is 4.74 Å². The van der Waals surface area contributed by atoms with E-state index in [1.54, 1.807) is 7.05 Å². The van der Waals surface area contributed by atoms with Gasteiger partial charge in [0.25, 0.3) is 0 Å². The summed E-state index contributed by atoms with van der Waals surface area (Å²) in [7, 11) is 1.71. The Balaban J connectivity index is 2.07. The largest absolute Gasteiger partial charge is 0.487 e. The average Bonchev–Trinajstić information content (AvgIpc) is 2.59. The first kappa shape index (κ1) is 10.5. The molecule has 1 heterocycles. The molecule has 2 aromatic rings. The molecule has 2 rings (SSSR count). The first-order valence-electron chi connectivity index (χ1n) is 4.57. The summed E-state index contributed by atoms with van der Waals surface area (Å²) in [6.07, 6.45) is 1.52. The van der Waals surface area contributed by atoms with Crippen molar-refractivity contribution >= 4 is 0 Å². The number of hydrogen-bond donors (Lipinski definition) is 0. The Labute approximate surface area is 90.5 Å². The molecule has 0 spiro atoms. The maximum atomic E-state index is 12.8. The molecule has 0 aliphatic carbocycles. The highest BCUT2D eigenvalue weighted by atomic mass is 19.1. The van der Waals surface area contributed by atoms with Crippen molar-refractivity contribution in [3.8, 4) is 5.75 Å². The Kier molecular flexibility index (Phi) is 2.80. The lowest BCUT2D eigenvalue weighted by Gasteiger charge is -2.05. The van der Waals surface area contributed by atoms with Gasteiger partial charge < -0.3 is 4.74 Å². The van der Waals surface area contributed by atoms with Crippen molar-refractivity contribution in [3.63, 3.8) is 0 Å². The van der Waals surface area contributed by atoms with Gasteiger partial charge in [0.2, 0.25) is 0 Å². The van der Waals surface area contributed by atoms with Gasteiger partial charge in [-0.05, 0) is 0 Å². The number of rotatable bonds is 3. The summed E-state index contributed by atoms with van der Waals surface area (Å²) >= 11 is 0. The number of aryl methyl sites for hydroxylation is 1. The van der Waals surface area contributed by atoms with Gasteiger partial charge in [-0.2, -0.15) is 0 Å². The fourth-order valence-corrected chi connectivity index (χ4v) is 1.21. The molecule has 0 fully saturated rings. The maximum absolute atomic E-state index is 12.8. The molecule has 84 valence electrons. The zero-order valence-corrected chi connectivity index (χ0v) is 8.52. The van der Waals surface area contributed by atoms with Crippen molar-refractivity contribution in [3.05, 3.63) is 41.7 Å². The maximum Gasteiger partial charge on any atom is 0.132 e. The van der Waals surface area contributed by atoms with Crippen LogP contribution in [-0.2, 0) is 13.7 Å². The Hall–Kier alpha value is -1.98. The van der Waals surface area contributed by atoms with Crippen molar-refractivity contribution in [1.29, 1.82) is 0 Å². The molecule has 16 heavy (non-hydrogen) atoms. The van der Waals surface area contributed by atoms with Gasteiger partial charge in [-0.15, -0.1) is 5.10 Å². The summed E-state index contributed by atoms with van der Waals surface area (Å²) < 4.78 is 32.4. The summed E-state index contributed by atoms with van der Waals surface area (Å²) in [5.41, 5.74) is 0.713. The van der Waals surface area contributed by atoms with Crippen molar-refractivity contribution in [1.82, 2.24) is 15.0 Å². The Morgan fingerprint density at radius 2 is 1.94 bits per heavy atom. The van der Waals surface area contributed by atoms with E-state index in [4.69, 9.17) is 4.74 Å². The first-order valence-corrected chi connectivity index (χ1v) is 4.57. The molecule has 0 N–H and O–H groups in total. The molecule has 6 heteroatoms. The smallest absolute Gasteiger partial charge is 0.132 e. The molecular weight excluding hydrogens is 216 g/mol. The number of ether oxygens (including phenoxy) is 1. The summed E-state index contributed by atoms with van der Waals surface area (Å²) in [5, 5.41) is 7.36. The van der Waals surface area contributed by atoms with Crippen LogP contribution in [0.5, 0.6) is 5.75 Å². The zero-order chi connectivity index (χ0) is 11.5. The van der Waals surface area contributed by atoms with E-state index < -0.39 is 11.6 Å². The molecule has 4 nitrogen and oxygen atoms in total. The lowest BCUT2D eigenvalue weighted by Crippen LogP contribution is -2.03. The molecule has 0 aliphatic heterocycles. The first-order chi connectivity index (χ1) is 7.65. The SMILES string of the molecule is Cn1nncc1COc1cc(F)cc(F)c1. The summed E-state index contributed by atoms with van der Waals surface area (Å²) in [6.45, 7) is 0.159. The number of aromatic nitrogens is 3. The third kappa shape index (κ3) is 2.33. The standard InChI is InChI=1S/C10H9F2N3O/c1-15-9(5-13-14-15)6-16-10-3-7(11)2-8(12)4-10/h2-5H,6H2,1H3. The topological polar surface area (TPSA) is 39.9 Å². The number of hydrogen-bond acceptors (Lipinski definition) is 3. The van der Waals surface area contributed by atoms with Crippen LogP contribution in [0.3, 0.4) is 0 Å². The van der Waals surface area contributed by atoms with Crippen LogP contribution in [0, 0.1) is 11.6 Å². The molecule has 0 amide bonds. The fraction of sp³-hybridized carbons (Fsp3) is 0.200. The predicted octanol–water partition coefficient (Wildman–Crippen LogP) is 1.67. The van der Waals surface area contributed by atoms with Crippen molar-refractivity contribution in [2.24, 2.45) is 7.05 Å². The third-order valence-corrected chi connectivity index (χ3v) is 2.03. The van der Waals surface area contributed by atoms with Gasteiger partial charge in [-0.3, -0.25) is 0 Å². The quantitative estimate of drug-likeness (QED) is 0.797. The number of benzene rings is 1. The highest BCUT2D eigenvalue weighted by Gasteiger charge is 2.04. The van der Waals surface area contributed by atoms with E-state index in [0.717, 1.165) is 18.2 Å². The molecule has 0 saturated carbocycles. The monoisotopic (exact) mass is 225 g/mol. The molecular formula is C10H9F2N3O. The molecule has 0 atom stereocenters. The van der Waals surface area contributed by atoms with Crippen molar-refractivity contribution in [2.75, 3.05) is 0 Å². The predicted molar refractivity (Wildman–Crippen MR) is 51.7 cm³/mol. The van der Waals surface area contributed by atoms with Gasteiger partial charge in [-0.25, -0.2) is 13.5 Å². The lowest BCUT2D eigenvalue weighted by molar-refractivity contribution is 0.291. The Bertz CT molecular complexity index is 478. The van der Waals surface area contributed by atoms with Crippen LogP contribution in [0.2, 0.25) is 0 Å². The molecule has 1 aromatic carbocycles. The highest BCUT2D eigenvalue weighted by molar-refractivity contribution is 5.23. The minimum atomic E-state index is -0.668. The minimum Gasteiger partial charge on any atom is -0.487 e. The van der Waals surface area contributed by atoms with E-state index in [1.165, 1.54) is 10.9 Å². The Morgan fingerprint density at radius 3 is 2.50 bits per heavy atom. The van der Waals surface area contributed by atoms with E-state index in [9.17, 15) is 8.78 Å². The van der Waals surface area contributed by atoms with Crippen LogP contribution in [-0.4, -0.2) is 15.0 Å². The van der Waals surface area contributed by atoms with Gasteiger partial charge in [0.05, 0.1) is 11.9 Å². The van der Waals surface area contributed by atoms with E-state index in [1.807, 2.05) is 0 Å². The van der Waals surface area contributed by atoms with Crippen molar-refractivity contribution in [2.45, 2.75) is 6.61 Å². The van der Waals surface area contributed by atoms with E-state index in [0.29, 0.717) is 5.69 Å². The van der Waals surface area contributed by atoms with Gasteiger partial charge in [0, 0.05) is 25.2 Å². The molecule has 0 saturated heterocycles. The zero-order valence-electron chi connectivity index (χ0n) is 8.52. The normalized spacial score (nSPS) is 10.4. The van der Waals surface area contributed by atoms with E-state index in [-0.39, 0.29) is 12.4 Å². The van der Waals surface area contributed by atoms with Gasteiger partial charge >= 0.3 is 0 Å². The molecule has 1 aromatic heterocycles. The highest BCUT2D eigenvalue weighted by Crippen LogP contribution is 2.16. The summed E-state index contributed by atoms with van der Waals surface area (Å²) in [6, 6.07) is 3.03. The molecule has 0 radical (unpaired) electrons. The van der Waals surface area contributed by atoms with Gasteiger partial charge in [-0.1, -0.05) is 5.21 Å². The fourth-order valence-electron chi connectivity index (χ4n) is 1.21. The molecule has 0 unspecified atom stereocenters. The van der Waals surface area contributed by atoms with Crippen LogP contribution in [0.4, 0.5) is 8.78 Å².